The van der Waals surface area contributed by atoms with Crippen LogP contribution in [0.3, 0.4) is 0 Å². The molecule has 3 N–H and O–H groups in total. The van der Waals surface area contributed by atoms with Gasteiger partial charge < -0.3 is 20.1 Å². The second-order valence-electron chi connectivity index (χ2n) is 5.05. The predicted octanol–water partition coefficient (Wildman–Crippen LogP) is 1.29. The summed E-state index contributed by atoms with van der Waals surface area (Å²) in [6, 6.07) is 4.55. The molecule has 0 spiro atoms. The molecule has 0 aromatic heterocycles. The average Bonchev–Trinajstić information content (AvgIpc) is 2.35. The minimum absolute atomic E-state index is 0.0616. The Morgan fingerprint density at radius 1 is 1.42 bits per heavy atom. The van der Waals surface area contributed by atoms with E-state index in [1.54, 1.807) is 19.9 Å². The Bertz CT molecular complexity index is 451. The highest BCUT2D eigenvalue weighted by molar-refractivity contribution is 5.71. The van der Waals surface area contributed by atoms with E-state index in [4.69, 9.17) is 9.84 Å². The van der Waals surface area contributed by atoms with Crippen LogP contribution >= 0.6 is 0 Å². The van der Waals surface area contributed by atoms with E-state index >= 15 is 0 Å². The number of rotatable bonds is 5. The standard InChI is InChI=1S/C14H20O5/c1-9(2)13(17)19-7-10-4-5-11(12(16)6-10)14(3,18)8-15/h4-6,9,15-16,18H,7-8H2,1-3H3/t14-/m0/s1. The molecule has 0 aliphatic rings. The minimum Gasteiger partial charge on any atom is -0.508 e. The maximum Gasteiger partial charge on any atom is 0.308 e. The van der Waals surface area contributed by atoms with Crippen LogP contribution < -0.4 is 0 Å². The number of carbonyl (C=O) groups is 1. The van der Waals surface area contributed by atoms with E-state index in [1.807, 2.05) is 0 Å². The van der Waals surface area contributed by atoms with Crippen LogP contribution in [-0.4, -0.2) is 27.9 Å². The Balaban J connectivity index is 2.80. The van der Waals surface area contributed by atoms with E-state index in [0.717, 1.165) is 0 Å². The van der Waals surface area contributed by atoms with Gasteiger partial charge in [0.05, 0.1) is 12.5 Å². The zero-order valence-corrected chi connectivity index (χ0v) is 11.4. The number of aliphatic hydroxyl groups excluding tert-OH is 1. The first-order valence-corrected chi connectivity index (χ1v) is 6.10. The number of ether oxygens (including phenoxy) is 1. The third kappa shape index (κ3) is 3.94. The Labute approximate surface area is 112 Å². The van der Waals surface area contributed by atoms with Gasteiger partial charge in [0, 0.05) is 5.56 Å². The van der Waals surface area contributed by atoms with Crippen LogP contribution in [0.15, 0.2) is 18.2 Å². The number of aromatic hydroxyl groups is 1. The van der Waals surface area contributed by atoms with E-state index in [9.17, 15) is 15.0 Å². The number of hydrogen-bond acceptors (Lipinski definition) is 5. The van der Waals surface area contributed by atoms with Crippen LogP contribution in [0, 0.1) is 5.92 Å². The second-order valence-corrected chi connectivity index (χ2v) is 5.05. The van der Waals surface area contributed by atoms with Crippen molar-refractivity contribution in [2.45, 2.75) is 33.0 Å². The van der Waals surface area contributed by atoms with Crippen LogP contribution in [0.4, 0.5) is 0 Å². The number of benzene rings is 1. The molecule has 1 atom stereocenters. The summed E-state index contributed by atoms with van der Waals surface area (Å²) in [5.74, 6) is -0.661. The fraction of sp³-hybridized carbons (Fsp3) is 0.500. The van der Waals surface area contributed by atoms with Gasteiger partial charge in [-0.2, -0.15) is 0 Å². The SMILES string of the molecule is CC(C)C(=O)OCc1ccc([C@@](C)(O)CO)c(O)c1. The maximum atomic E-state index is 11.3. The van der Waals surface area contributed by atoms with E-state index in [1.165, 1.54) is 19.1 Å². The third-order valence-corrected chi connectivity index (χ3v) is 2.80. The van der Waals surface area contributed by atoms with Gasteiger partial charge in [-0.15, -0.1) is 0 Å². The summed E-state index contributed by atoms with van der Waals surface area (Å²) in [5.41, 5.74) is -0.657. The lowest BCUT2D eigenvalue weighted by atomic mass is 9.95. The summed E-state index contributed by atoms with van der Waals surface area (Å²) in [4.78, 5) is 11.3. The first-order valence-electron chi connectivity index (χ1n) is 6.10. The first kappa shape index (κ1) is 15.5. The van der Waals surface area contributed by atoms with Crippen molar-refractivity contribution in [1.29, 1.82) is 0 Å². The van der Waals surface area contributed by atoms with Crippen molar-refractivity contribution < 1.29 is 24.9 Å². The topological polar surface area (TPSA) is 87.0 Å². The highest BCUT2D eigenvalue weighted by atomic mass is 16.5. The van der Waals surface area contributed by atoms with Gasteiger partial charge in [-0.05, 0) is 18.6 Å². The molecule has 106 valence electrons. The third-order valence-electron chi connectivity index (χ3n) is 2.80. The van der Waals surface area contributed by atoms with Crippen molar-refractivity contribution in [2.24, 2.45) is 5.92 Å². The van der Waals surface area contributed by atoms with E-state index < -0.39 is 12.2 Å². The average molecular weight is 268 g/mol. The first-order chi connectivity index (χ1) is 8.77. The Morgan fingerprint density at radius 3 is 2.53 bits per heavy atom. The van der Waals surface area contributed by atoms with Gasteiger partial charge in [-0.1, -0.05) is 26.0 Å². The zero-order valence-electron chi connectivity index (χ0n) is 11.4. The molecule has 0 aliphatic carbocycles. The lowest BCUT2D eigenvalue weighted by Crippen LogP contribution is -2.25. The monoisotopic (exact) mass is 268 g/mol. The maximum absolute atomic E-state index is 11.3. The summed E-state index contributed by atoms with van der Waals surface area (Å²) in [7, 11) is 0. The summed E-state index contributed by atoms with van der Waals surface area (Å²) in [5, 5.41) is 28.7. The fourth-order valence-corrected chi connectivity index (χ4v) is 1.53. The summed E-state index contributed by atoms with van der Waals surface area (Å²) in [6.45, 7) is 4.44. The number of esters is 1. The molecular weight excluding hydrogens is 248 g/mol. The van der Waals surface area contributed by atoms with E-state index in [2.05, 4.69) is 0 Å². The number of phenols is 1. The molecule has 1 aromatic carbocycles. The largest absolute Gasteiger partial charge is 0.508 e. The molecule has 0 fully saturated rings. The molecule has 0 bridgehead atoms. The summed E-state index contributed by atoms with van der Waals surface area (Å²) >= 11 is 0. The molecule has 5 heteroatoms. The van der Waals surface area contributed by atoms with Gasteiger partial charge in [-0.3, -0.25) is 4.79 Å². The fourth-order valence-electron chi connectivity index (χ4n) is 1.53. The quantitative estimate of drug-likeness (QED) is 0.700. The van der Waals surface area contributed by atoms with Crippen LogP contribution in [0.25, 0.3) is 0 Å². The molecule has 0 saturated carbocycles. The number of hydrogen-bond donors (Lipinski definition) is 3. The predicted molar refractivity (Wildman–Crippen MR) is 69.4 cm³/mol. The minimum atomic E-state index is -1.50. The van der Waals surface area contributed by atoms with E-state index in [0.29, 0.717) is 5.56 Å². The molecule has 19 heavy (non-hydrogen) atoms. The van der Waals surface area contributed by atoms with Gasteiger partial charge in [0.2, 0.25) is 0 Å². The number of aliphatic hydroxyl groups is 2. The molecule has 0 heterocycles. The highest BCUT2D eigenvalue weighted by Crippen LogP contribution is 2.29. The van der Waals surface area contributed by atoms with Crippen molar-refractivity contribution >= 4 is 5.97 Å². The molecular formula is C14H20O5. The number of carbonyl (C=O) groups excluding carboxylic acids is 1. The molecule has 1 rings (SSSR count). The van der Waals surface area contributed by atoms with Crippen molar-refractivity contribution in [1.82, 2.24) is 0 Å². The molecule has 0 radical (unpaired) electrons. The smallest absolute Gasteiger partial charge is 0.308 e. The van der Waals surface area contributed by atoms with Gasteiger partial charge >= 0.3 is 5.97 Å². The van der Waals surface area contributed by atoms with Crippen molar-refractivity contribution in [3.8, 4) is 5.75 Å². The molecule has 1 aromatic rings. The Hall–Kier alpha value is -1.59. The van der Waals surface area contributed by atoms with Crippen LogP contribution in [0.1, 0.15) is 31.9 Å². The lowest BCUT2D eigenvalue weighted by molar-refractivity contribution is -0.148. The molecule has 0 aliphatic heterocycles. The Kier molecular flexibility index (Phi) is 4.91. The zero-order chi connectivity index (χ0) is 14.6. The normalized spacial score (nSPS) is 14.2. The lowest BCUT2D eigenvalue weighted by Gasteiger charge is -2.22. The Morgan fingerprint density at radius 2 is 2.05 bits per heavy atom. The van der Waals surface area contributed by atoms with Crippen LogP contribution in [0.5, 0.6) is 5.75 Å². The second kappa shape index (κ2) is 6.04. The van der Waals surface area contributed by atoms with Crippen molar-refractivity contribution in [3.05, 3.63) is 29.3 Å². The van der Waals surface area contributed by atoms with Crippen LogP contribution in [-0.2, 0) is 21.7 Å². The summed E-state index contributed by atoms with van der Waals surface area (Å²) < 4.78 is 5.03. The van der Waals surface area contributed by atoms with Crippen molar-refractivity contribution in [3.63, 3.8) is 0 Å². The van der Waals surface area contributed by atoms with Crippen LogP contribution in [0.2, 0.25) is 0 Å². The molecule has 0 unspecified atom stereocenters. The molecule has 0 saturated heterocycles. The highest BCUT2D eigenvalue weighted by Gasteiger charge is 2.25. The molecule has 0 amide bonds. The van der Waals surface area contributed by atoms with Crippen molar-refractivity contribution in [2.75, 3.05) is 6.61 Å². The molecule has 5 nitrogen and oxygen atoms in total. The van der Waals surface area contributed by atoms with Gasteiger partial charge in [0.25, 0.3) is 0 Å². The summed E-state index contributed by atoms with van der Waals surface area (Å²) in [6.07, 6.45) is 0. The van der Waals surface area contributed by atoms with Gasteiger partial charge in [-0.25, -0.2) is 0 Å². The van der Waals surface area contributed by atoms with Gasteiger partial charge in [0.1, 0.15) is 18.0 Å². The number of phenolic OH excluding ortho intramolecular Hbond substituents is 1. The van der Waals surface area contributed by atoms with Gasteiger partial charge in [0.15, 0.2) is 0 Å². The van der Waals surface area contributed by atoms with E-state index in [-0.39, 0.29) is 29.8 Å².